The molecule has 4 rings (SSSR count). The van der Waals surface area contributed by atoms with Crippen LogP contribution >= 0.6 is 0 Å². The van der Waals surface area contributed by atoms with Gasteiger partial charge in [-0.25, -0.2) is 10.2 Å². The highest BCUT2D eigenvalue weighted by Gasteiger charge is 2.12. The van der Waals surface area contributed by atoms with Crippen molar-refractivity contribution in [3.8, 4) is 17.2 Å². The van der Waals surface area contributed by atoms with Crippen molar-refractivity contribution in [2.45, 2.75) is 0 Å². The van der Waals surface area contributed by atoms with Crippen LogP contribution in [0.25, 0.3) is 10.8 Å². The van der Waals surface area contributed by atoms with E-state index in [-0.39, 0.29) is 6.61 Å². The second kappa shape index (κ2) is 10.8. The molecular formula is C27H22N2O5. The van der Waals surface area contributed by atoms with Crippen LogP contribution in [0.15, 0.2) is 96.1 Å². The number of rotatable bonds is 8. The van der Waals surface area contributed by atoms with E-state index in [0.717, 1.165) is 16.3 Å². The number of hydrogen-bond donors (Lipinski definition) is 1. The predicted molar refractivity (Wildman–Crippen MR) is 130 cm³/mol. The van der Waals surface area contributed by atoms with E-state index in [2.05, 4.69) is 10.5 Å². The molecule has 0 bridgehead atoms. The molecule has 0 atom stereocenters. The fourth-order valence-electron chi connectivity index (χ4n) is 3.22. The smallest absolute Gasteiger partial charge is 0.344 e. The first kappa shape index (κ1) is 22.5. The number of methoxy groups -OCH3 is 1. The van der Waals surface area contributed by atoms with E-state index < -0.39 is 11.9 Å². The summed E-state index contributed by atoms with van der Waals surface area (Å²) in [6.07, 6.45) is 1.49. The zero-order valence-electron chi connectivity index (χ0n) is 18.4. The number of hydrazone groups is 1. The van der Waals surface area contributed by atoms with Crippen molar-refractivity contribution in [2.24, 2.45) is 5.10 Å². The average Bonchev–Trinajstić information content (AvgIpc) is 2.88. The molecule has 0 unspecified atom stereocenters. The molecule has 0 aromatic heterocycles. The highest BCUT2D eigenvalue weighted by atomic mass is 16.5. The maximum Gasteiger partial charge on any atom is 0.344 e. The third-order valence-corrected chi connectivity index (χ3v) is 4.93. The minimum atomic E-state index is -0.428. The van der Waals surface area contributed by atoms with Crippen molar-refractivity contribution in [3.63, 3.8) is 0 Å². The van der Waals surface area contributed by atoms with Crippen LogP contribution in [0, 0.1) is 0 Å². The van der Waals surface area contributed by atoms with Crippen LogP contribution in [0.4, 0.5) is 0 Å². The molecule has 0 spiro atoms. The topological polar surface area (TPSA) is 86.2 Å². The van der Waals surface area contributed by atoms with Gasteiger partial charge in [-0.1, -0.05) is 36.4 Å². The molecule has 7 nitrogen and oxygen atoms in total. The van der Waals surface area contributed by atoms with Crippen LogP contribution in [0.3, 0.4) is 0 Å². The minimum Gasteiger partial charge on any atom is -0.497 e. The van der Waals surface area contributed by atoms with Crippen LogP contribution in [-0.4, -0.2) is 31.8 Å². The molecule has 0 aliphatic rings. The molecule has 0 saturated carbocycles. The Hall–Kier alpha value is -4.65. The van der Waals surface area contributed by atoms with Gasteiger partial charge in [-0.15, -0.1) is 0 Å². The summed E-state index contributed by atoms with van der Waals surface area (Å²) >= 11 is 0. The molecule has 0 saturated heterocycles. The summed E-state index contributed by atoms with van der Waals surface area (Å²) in [5, 5.41) is 5.73. The molecule has 0 radical (unpaired) electrons. The van der Waals surface area contributed by atoms with Gasteiger partial charge in [-0.3, -0.25) is 4.79 Å². The van der Waals surface area contributed by atoms with E-state index in [9.17, 15) is 9.59 Å². The Balaban J connectivity index is 1.28. The van der Waals surface area contributed by atoms with Crippen molar-refractivity contribution >= 4 is 28.9 Å². The monoisotopic (exact) mass is 454 g/mol. The van der Waals surface area contributed by atoms with E-state index >= 15 is 0 Å². The molecule has 4 aromatic rings. The first-order valence-electron chi connectivity index (χ1n) is 10.5. The van der Waals surface area contributed by atoms with Gasteiger partial charge in [0.2, 0.25) is 0 Å². The largest absolute Gasteiger partial charge is 0.497 e. The molecule has 0 heterocycles. The first-order valence-corrected chi connectivity index (χ1v) is 10.5. The zero-order chi connectivity index (χ0) is 23.8. The average molecular weight is 454 g/mol. The minimum absolute atomic E-state index is 0.174. The number of fused-ring (bicyclic) bond motifs is 1. The van der Waals surface area contributed by atoms with Gasteiger partial charge in [0.05, 0.1) is 18.9 Å². The Kier molecular flexibility index (Phi) is 7.15. The molecule has 0 fully saturated rings. The number of benzene rings is 4. The summed E-state index contributed by atoms with van der Waals surface area (Å²) in [6, 6.07) is 26.9. The summed E-state index contributed by atoms with van der Waals surface area (Å²) in [7, 11) is 1.58. The van der Waals surface area contributed by atoms with Crippen LogP contribution in [-0.2, 0) is 4.79 Å². The molecule has 0 aliphatic heterocycles. The number of amides is 1. The summed E-state index contributed by atoms with van der Waals surface area (Å²) < 4.78 is 16.0. The molecule has 7 heteroatoms. The molecule has 1 N–H and O–H groups in total. The van der Waals surface area contributed by atoms with Crippen LogP contribution < -0.4 is 19.6 Å². The molecule has 4 aromatic carbocycles. The maximum atomic E-state index is 12.6. The fraction of sp³-hybridized carbons (Fsp3) is 0.0741. The van der Waals surface area contributed by atoms with Crippen molar-refractivity contribution in [2.75, 3.05) is 13.7 Å². The third kappa shape index (κ3) is 5.77. The summed E-state index contributed by atoms with van der Waals surface area (Å²) in [4.78, 5) is 24.5. The second-order valence-electron chi connectivity index (χ2n) is 7.24. The van der Waals surface area contributed by atoms with E-state index in [1.54, 1.807) is 61.7 Å². The first-order chi connectivity index (χ1) is 16.6. The molecular weight excluding hydrogens is 432 g/mol. The van der Waals surface area contributed by atoms with E-state index in [4.69, 9.17) is 14.2 Å². The van der Waals surface area contributed by atoms with Gasteiger partial charge in [0.15, 0.2) is 6.61 Å². The SMILES string of the molecule is COc1ccc(OCC(=O)N/N=C\c2ccc(OC(=O)c3cccc4ccccc34)cc2)cc1. The highest BCUT2D eigenvalue weighted by Crippen LogP contribution is 2.21. The quantitative estimate of drug-likeness (QED) is 0.182. The molecule has 1 amide bonds. The highest BCUT2D eigenvalue weighted by molar-refractivity contribution is 6.05. The van der Waals surface area contributed by atoms with Crippen molar-refractivity contribution in [1.82, 2.24) is 5.43 Å². The van der Waals surface area contributed by atoms with Gasteiger partial charge in [0, 0.05) is 0 Å². The van der Waals surface area contributed by atoms with Gasteiger partial charge >= 0.3 is 5.97 Å². The lowest BCUT2D eigenvalue weighted by molar-refractivity contribution is -0.123. The Morgan fingerprint density at radius 3 is 2.26 bits per heavy atom. The fourth-order valence-corrected chi connectivity index (χ4v) is 3.22. The maximum absolute atomic E-state index is 12.6. The van der Waals surface area contributed by atoms with Gasteiger partial charge < -0.3 is 14.2 Å². The Labute approximate surface area is 196 Å². The standard InChI is InChI=1S/C27H22N2O5/c1-32-21-13-15-22(16-14-21)33-18-26(30)29-28-17-19-9-11-23(12-10-19)34-27(31)25-8-4-6-20-5-2-3-7-24(20)25/h2-17H,18H2,1H3,(H,29,30)/b28-17-. The van der Waals surface area contributed by atoms with Crippen LogP contribution in [0.5, 0.6) is 17.2 Å². The summed E-state index contributed by atoms with van der Waals surface area (Å²) in [6.45, 7) is -0.174. The van der Waals surface area contributed by atoms with Crippen molar-refractivity contribution in [1.29, 1.82) is 0 Å². The van der Waals surface area contributed by atoms with Gasteiger partial charge in [-0.2, -0.15) is 5.10 Å². The number of nitrogens with zero attached hydrogens (tertiary/aromatic N) is 1. The summed E-state index contributed by atoms with van der Waals surface area (Å²) in [5.41, 5.74) is 3.63. The number of esters is 1. The lowest BCUT2D eigenvalue weighted by atomic mass is 10.0. The lowest BCUT2D eigenvalue weighted by Gasteiger charge is -2.07. The van der Waals surface area contributed by atoms with E-state index in [0.29, 0.717) is 22.8 Å². The molecule has 0 aliphatic carbocycles. The van der Waals surface area contributed by atoms with E-state index in [1.165, 1.54) is 6.21 Å². The zero-order valence-corrected chi connectivity index (χ0v) is 18.4. The predicted octanol–water partition coefficient (Wildman–Crippen LogP) is 4.60. The van der Waals surface area contributed by atoms with Gasteiger partial charge in [0.1, 0.15) is 17.2 Å². The van der Waals surface area contributed by atoms with Crippen molar-refractivity contribution < 1.29 is 23.8 Å². The van der Waals surface area contributed by atoms with Gasteiger partial charge in [-0.05, 0) is 70.9 Å². The Morgan fingerprint density at radius 2 is 1.50 bits per heavy atom. The van der Waals surface area contributed by atoms with E-state index in [1.807, 2.05) is 36.4 Å². The van der Waals surface area contributed by atoms with Crippen molar-refractivity contribution in [3.05, 3.63) is 102 Å². The van der Waals surface area contributed by atoms with Crippen LogP contribution in [0.1, 0.15) is 15.9 Å². The number of carbonyl (C=O) groups excluding carboxylic acids is 2. The summed E-state index contributed by atoms with van der Waals surface area (Å²) in [5.74, 6) is 0.839. The Bertz CT molecular complexity index is 1310. The number of hydrogen-bond acceptors (Lipinski definition) is 6. The van der Waals surface area contributed by atoms with Gasteiger partial charge in [0.25, 0.3) is 5.91 Å². The third-order valence-electron chi connectivity index (χ3n) is 4.93. The number of ether oxygens (including phenoxy) is 3. The number of carbonyl (C=O) groups is 2. The second-order valence-corrected chi connectivity index (χ2v) is 7.24. The molecule has 170 valence electrons. The molecule has 34 heavy (non-hydrogen) atoms. The Morgan fingerprint density at radius 1 is 0.824 bits per heavy atom. The van der Waals surface area contributed by atoms with Crippen LogP contribution in [0.2, 0.25) is 0 Å². The number of nitrogens with one attached hydrogen (secondary N) is 1. The lowest BCUT2D eigenvalue weighted by Crippen LogP contribution is -2.24. The normalized spacial score (nSPS) is 10.7.